The van der Waals surface area contributed by atoms with E-state index in [2.05, 4.69) is 15.0 Å². The molecule has 12 saturated heterocycles. The summed E-state index contributed by atoms with van der Waals surface area (Å²) in [6, 6.07) is 10.4. The van der Waals surface area contributed by atoms with Crippen molar-refractivity contribution < 1.29 is 347 Å². The van der Waals surface area contributed by atoms with Gasteiger partial charge in [-0.15, -0.1) is 0 Å². The Hall–Kier alpha value is -2.55. The first-order valence-corrected chi connectivity index (χ1v) is 51.5. The van der Waals surface area contributed by atoms with Crippen LogP contribution in [0.2, 0.25) is 0 Å². The second-order valence-electron chi connectivity index (χ2n) is 33.7. The van der Waals surface area contributed by atoms with Gasteiger partial charge in [0.2, 0.25) is 11.6 Å². The molecule has 6 unspecified atom stereocenters. The van der Waals surface area contributed by atoms with Crippen LogP contribution in [0.4, 0.5) is 20.4 Å². The van der Waals surface area contributed by atoms with E-state index in [1.54, 1.807) is 24.9 Å². The number of hydrogen-bond acceptors (Lipinski definition) is 47. The molecule has 30 atom stereocenters. The Labute approximate surface area is 957 Å². The van der Waals surface area contributed by atoms with Crippen molar-refractivity contribution >= 4 is 59.8 Å². The zero-order valence-electron chi connectivity index (χ0n) is 76.5. The van der Waals surface area contributed by atoms with Gasteiger partial charge in [-0.1, -0.05) is 0 Å². The zero-order valence-corrected chi connectivity index (χ0v) is 99.6. The van der Waals surface area contributed by atoms with Crippen LogP contribution >= 0.6 is 48.2 Å². The van der Waals surface area contributed by atoms with Gasteiger partial charge in [-0.05, 0) is 32.9 Å². The summed E-state index contributed by atoms with van der Waals surface area (Å²) in [5.74, 6) is -2.39. The Morgan fingerprint density at radius 2 is 0.685 bits per heavy atom. The van der Waals surface area contributed by atoms with Crippen LogP contribution in [0.15, 0.2) is 109 Å². The van der Waals surface area contributed by atoms with E-state index < -0.39 is 257 Å². The van der Waals surface area contributed by atoms with Crippen LogP contribution in [0.1, 0.15) is 39.5 Å². The van der Waals surface area contributed by atoms with E-state index in [-0.39, 0.29) is 287 Å². The number of nitrogens with one attached hydrogen (secondary N) is 4. The summed E-state index contributed by atoms with van der Waals surface area (Å²) in [5.41, 5.74) is -15.3. The molecule has 71 heteroatoms. The minimum atomic E-state index is -2.36. The molecule has 12 fully saturated rings. The Kier molecular flexibility index (Phi) is 44.1. The molecule has 0 amide bonds. The molecule has 12 aliphatic rings. The number of aliphatic hydroxyl groups is 6. The molecule has 14 N–H and O–H groups in total. The number of nitrogen functional groups attached to an aromatic ring is 2. The summed E-state index contributed by atoms with van der Waals surface area (Å²) in [5, 5.41) is 91.5. The van der Waals surface area contributed by atoms with Gasteiger partial charge in [0.25, 0.3) is 39.4 Å². The second-order valence-corrected chi connectivity index (χ2v) is 41.3. The van der Waals surface area contributed by atoms with Crippen LogP contribution in [0.3, 0.4) is 0 Å². The summed E-state index contributed by atoms with van der Waals surface area (Å²) in [6.07, 6.45) is -7.45. The molecule has 0 aliphatic carbocycles. The molecule has 768 valence electrons. The number of halogens is 2. The molecule has 12 aliphatic heterocycles. The minimum absolute atomic E-state index is 0. The van der Waals surface area contributed by atoms with Gasteiger partial charge in [-0.2, -0.15) is 34.5 Å². The normalized spacial score (nSPS) is 35.6. The van der Waals surface area contributed by atoms with Gasteiger partial charge in [0.1, 0.15) is 135 Å². The molecule has 18 heterocycles. The number of aliphatic hydroxyl groups excluding tert-OH is 6. The minimum Gasteiger partial charge on any atom is -0.387 e. The molecule has 57 nitrogen and oxygen atoms in total. The number of anilines is 2. The van der Waals surface area contributed by atoms with Crippen LogP contribution in [-0.2, 0) is 325 Å². The topological polar surface area (TPSA) is 803 Å². The van der Waals surface area contributed by atoms with Gasteiger partial charge >= 0.3 is 34.1 Å². The standard InChI is InChI=1S/C12H13FN3O7P.C12H16FN2O7P.C12H15N4O6P.C12H14N3O7P.C12H18N3O6P.C12H17N2O7P.6Y/c1-24(20)22-5-11-4-21-8(7(11)17)12(3-14,23-11)16-2-6(13)9(18)15-10(16)19;1-11-8(17)12(4-20-11,5-21-23(2)19)22-9(11)15-3-6(13)7(16)14-10(15)18;1-23(19)21-6-11-5-20-9(8(11)17)12(4-13,22-11)16-3-2-7(14)15-10(16)18;1-23(19)21-6-11-5-20-9(8(11)17)12(4-13,22-11)15-3-2-7(16)14-10(15)18;1-11-8(16)12(5-19-11,6-20-22(2)18)21-9(11)15-4-3-7(13)14-10(15)17;1-11-8(16)12(5-19-11,6-20-22(2)18)21-9(11)14-4-3-7(15)13-10(14)17;;;;;;/h2,7-8,17,24H,4-5H2,1H3,(H,15,18,19);3,8-9,17,23H,4-5H2,1-2H3,(H,14,16,18);2-3,8-9,17,23H,5-6H2,1H3,(H2,14,15,18);2-3,8-9,17,23H,5-6H2,1H3,(H,14,16,18);3-4,8-9,16,22H,5-6H2,1-2H3,(H2,13,14,17);3-4,8-9,16,22H,5-6H2,1-2H3,(H,13,15,17);;;;;;/t7-,8+,11+,12+;5*8-,9+,11+,12+;;;;;;/m000000....../s1. The first kappa shape index (κ1) is 127. The van der Waals surface area contributed by atoms with Crippen LogP contribution in [0.5, 0.6) is 0 Å². The number of H-pyrrole nitrogens is 4. The van der Waals surface area contributed by atoms with E-state index in [1.165, 1.54) is 88.3 Å². The molecule has 6 aromatic heterocycles. The van der Waals surface area contributed by atoms with Gasteiger partial charge in [0.15, 0.2) is 66.9 Å². The SMILES string of the molecule is C[PH](=O)OC[C@]12CO[C@H]([C@@H]1O)[C@](C#N)(n1cc(F)c(=O)[nH]c1=O)O2.C[PH](=O)OC[C@]12CO[C@H]([C@@H]1O)[C@](C#N)(n1ccc(=O)[nH]c1=O)O2.C[PH](=O)OC[C@]12CO[C@H]([C@@H]1O)[C@](C#N)(n1ccc(N)nc1=O)O2.C[PH](=O)OC[C@]12CO[C@](C)([C@@H]1O)[C@H](n1cc(F)c(=O)[nH]c1=O)O2.C[PH](=O)OC[C@]12CO[C@](C)([C@@H]1O)[C@H](n1ccc(=O)[nH]c1=O)O2.C[PH](=O)OC[C@]12CO[C@](C)([C@@H]1O)[C@H](n1ccc(N)nc1=O)O2.[Y].[Y].[Y].[Y].[Y].[Y]. The van der Waals surface area contributed by atoms with Crippen molar-refractivity contribution in [2.75, 3.05) is 131 Å². The first-order chi connectivity index (χ1) is 64.2. The monoisotopic (exact) mass is 2590 g/mol. The van der Waals surface area contributed by atoms with E-state index >= 15 is 0 Å². The number of nitrogens with zero attached hydrogens (tertiary/aromatic N) is 11. The van der Waals surface area contributed by atoms with E-state index in [1.807, 2.05) is 22.1 Å². The number of aromatic amines is 4. The predicted octanol–water partition coefficient (Wildman–Crippen LogP) is -6.85. The quantitative estimate of drug-likeness (QED) is 0.0251. The Balaban J connectivity index is 0.000000231. The summed E-state index contributed by atoms with van der Waals surface area (Å²) >= 11 is 0. The molecule has 6 aromatic rings. The van der Waals surface area contributed by atoms with E-state index in [0.717, 1.165) is 30.5 Å². The van der Waals surface area contributed by atoms with Gasteiger partial charge in [-0.25, -0.2) is 28.8 Å². The van der Waals surface area contributed by atoms with Crippen LogP contribution in [-0.4, -0.2) is 313 Å². The summed E-state index contributed by atoms with van der Waals surface area (Å²) in [4.78, 5) is 131. The maximum atomic E-state index is 13.6. The number of aromatic nitrogens is 12. The third-order valence-corrected chi connectivity index (χ3v) is 27.7. The average Bonchev–Trinajstić information content (AvgIpc) is 1.80. The van der Waals surface area contributed by atoms with E-state index in [9.17, 15) is 131 Å². The Morgan fingerprint density at radius 1 is 0.399 bits per heavy atom. The third-order valence-electron chi connectivity index (χ3n) is 24.4. The molecule has 0 spiro atoms. The zero-order chi connectivity index (χ0) is 101. The molecule has 143 heavy (non-hydrogen) atoms. The van der Waals surface area contributed by atoms with Crippen molar-refractivity contribution in [2.24, 2.45) is 0 Å². The van der Waals surface area contributed by atoms with Gasteiger partial charge < -0.3 is 126 Å². The van der Waals surface area contributed by atoms with Crippen molar-refractivity contribution in [3.05, 3.63) is 177 Å². The first-order valence-electron chi connectivity index (χ1n) is 40.6. The summed E-state index contributed by atoms with van der Waals surface area (Å²) in [6.45, 7) is 11.8. The fourth-order valence-electron chi connectivity index (χ4n) is 17.4. The number of nitrogens with two attached hydrogens (primary N) is 2. The molecule has 12 bridgehead atoms. The number of rotatable bonds is 24. The Morgan fingerprint density at radius 3 is 1.03 bits per heavy atom. The van der Waals surface area contributed by atoms with Crippen LogP contribution in [0, 0.1) is 45.6 Å². The molecule has 0 saturated carbocycles. The fraction of sp³-hybridized carbons (Fsp3) is 0.625. The molecule has 6 radical (unpaired) electrons. The maximum Gasteiger partial charge on any atom is 0.352 e. The van der Waals surface area contributed by atoms with Crippen molar-refractivity contribution in [3.63, 3.8) is 0 Å². The summed E-state index contributed by atoms with van der Waals surface area (Å²) in [7, 11) is -13.6. The second kappa shape index (κ2) is 49.5. The fourth-order valence-corrected chi connectivity index (χ4v) is 20.0. The Bertz CT molecular complexity index is 6670. The van der Waals surface area contributed by atoms with Crippen molar-refractivity contribution in [1.29, 1.82) is 15.8 Å². The summed E-state index contributed by atoms with van der Waals surface area (Å²) < 4.78 is 198. The van der Waals surface area contributed by atoms with Crippen molar-refractivity contribution in [1.82, 2.24) is 57.3 Å². The van der Waals surface area contributed by atoms with Crippen LogP contribution < -0.4 is 67.8 Å². The molecule has 18 rings (SSSR count). The average molecular weight is 2590 g/mol. The molecular formula is C72H93F2N17O40P6Y6. The van der Waals surface area contributed by atoms with Gasteiger partial charge in [-0.3, -0.25) is 93.9 Å². The number of hydrogen-bond donors (Lipinski definition) is 12. The maximum absolute atomic E-state index is 13.6. The van der Waals surface area contributed by atoms with Crippen LogP contribution in [0.25, 0.3) is 0 Å². The molecular weight excluding hydrogens is 2500 g/mol. The molecule has 0 aromatic carbocycles. The smallest absolute Gasteiger partial charge is 0.352 e. The van der Waals surface area contributed by atoms with Crippen molar-refractivity contribution in [2.45, 2.75) is 162 Å². The number of fused-ring (bicyclic) bond motifs is 12. The number of nitriles is 3. The van der Waals surface area contributed by atoms with Crippen molar-refractivity contribution in [3.8, 4) is 18.2 Å². The van der Waals surface area contributed by atoms with E-state index in [0.29, 0.717) is 17.0 Å². The predicted molar refractivity (Wildman–Crippen MR) is 455 cm³/mol. The van der Waals surface area contributed by atoms with Gasteiger partial charge in [0, 0.05) is 273 Å². The van der Waals surface area contributed by atoms with E-state index in [4.69, 9.17) is 95.5 Å². The van der Waals surface area contributed by atoms with Gasteiger partial charge in [0.05, 0.1) is 91.7 Å². The third kappa shape index (κ3) is 24.1. The largest absolute Gasteiger partial charge is 0.387 e. The number of ether oxygens (including phenoxy) is 12.